The van der Waals surface area contributed by atoms with Crippen molar-refractivity contribution in [1.82, 2.24) is 19.4 Å². The van der Waals surface area contributed by atoms with E-state index in [1.54, 1.807) is 30.6 Å². The van der Waals surface area contributed by atoms with Crippen molar-refractivity contribution in [2.24, 2.45) is 0 Å². The Hall–Kier alpha value is -4.27. The molecule has 39 heavy (non-hydrogen) atoms. The second kappa shape index (κ2) is 11.6. The molecule has 2 aliphatic rings. The van der Waals surface area contributed by atoms with E-state index < -0.39 is 29.8 Å². The number of rotatable bonds is 5. The van der Waals surface area contributed by atoms with E-state index in [2.05, 4.69) is 11.1 Å². The standard InChI is InChI=1S/C27H34N6O6/c1-27(2,3)39-25(35)31-13-15-33-21(17-31)29-22(24(34)37-4)23(33)30-12-14-32(20(16-30)10-11-28)26(36)38-18-19-8-6-5-7-9-19/h5-9,20H,10,12-18H2,1-4H3/t20-/m0/s1. The number of anilines is 1. The number of imidazole rings is 1. The smallest absolute Gasteiger partial charge is 0.410 e. The van der Waals surface area contributed by atoms with Crippen LogP contribution < -0.4 is 4.90 Å². The van der Waals surface area contributed by atoms with Crippen molar-refractivity contribution >= 4 is 24.0 Å². The maximum Gasteiger partial charge on any atom is 0.410 e. The Kier molecular flexibility index (Phi) is 8.28. The summed E-state index contributed by atoms with van der Waals surface area (Å²) in [6, 6.07) is 11.1. The predicted octanol–water partition coefficient (Wildman–Crippen LogP) is 3.16. The third kappa shape index (κ3) is 6.42. The minimum Gasteiger partial charge on any atom is -0.464 e. The average molecular weight is 539 g/mol. The summed E-state index contributed by atoms with van der Waals surface area (Å²) in [5.74, 6) is 0.488. The van der Waals surface area contributed by atoms with Crippen LogP contribution in [0.1, 0.15) is 49.1 Å². The first kappa shape index (κ1) is 27.8. The number of carbonyl (C=O) groups is 3. The Morgan fingerprint density at radius 1 is 1.08 bits per heavy atom. The lowest BCUT2D eigenvalue weighted by Crippen LogP contribution is -2.56. The first-order valence-corrected chi connectivity index (χ1v) is 12.9. The fourth-order valence-corrected chi connectivity index (χ4v) is 4.72. The highest BCUT2D eigenvalue weighted by molar-refractivity contribution is 5.93. The van der Waals surface area contributed by atoms with E-state index in [0.29, 0.717) is 44.4 Å². The van der Waals surface area contributed by atoms with Gasteiger partial charge in [-0.2, -0.15) is 5.26 Å². The van der Waals surface area contributed by atoms with E-state index in [9.17, 15) is 19.6 Å². The molecular formula is C27H34N6O6. The first-order valence-electron chi connectivity index (χ1n) is 12.9. The number of esters is 1. The molecular weight excluding hydrogens is 504 g/mol. The van der Waals surface area contributed by atoms with Gasteiger partial charge in [-0.25, -0.2) is 19.4 Å². The summed E-state index contributed by atoms with van der Waals surface area (Å²) in [4.78, 5) is 47.9. The summed E-state index contributed by atoms with van der Waals surface area (Å²) in [5, 5.41) is 9.49. The number of amides is 2. The summed E-state index contributed by atoms with van der Waals surface area (Å²) in [6.45, 7) is 7.49. The number of piperazine rings is 1. The van der Waals surface area contributed by atoms with Gasteiger partial charge < -0.3 is 28.6 Å². The predicted molar refractivity (Wildman–Crippen MR) is 140 cm³/mol. The molecule has 1 aromatic carbocycles. The molecule has 2 aliphatic heterocycles. The Morgan fingerprint density at radius 3 is 2.49 bits per heavy atom. The summed E-state index contributed by atoms with van der Waals surface area (Å²) >= 11 is 0. The third-order valence-electron chi connectivity index (χ3n) is 6.52. The molecule has 208 valence electrons. The molecule has 3 heterocycles. The van der Waals surface area contributed by atoms with Crippen molar-refractivity contribution in [3.8, 4) is 6.07 Å². The molecule has 4 rings (SSSR count). The van der Waals surface area contributed by atoms with Gasteiger partial charge in [-0.15, -0.1) is 0 Å². The average Bonchev–Trinajstić information content (AvgIpc) is 3.30. The van der Waals surface area contributed by atoms with Crippen LogP contribution in [0.5, 0.6) is 0 Å². The molecule has 0 aliphatic carbocycles. The minimum absolute atomic E-state index is 0.0951. The van der Waals surface area contributed by atoms with E-state index in [4.69, 9.17) is 14.2 Å². The van der Waals surface area contributed by atoms with E-state index in [1.807, 2.05) is 39.8 Å². The van der Waals surface area contributed by atoms with Gasteiger partial charge >= 0.3 is 18.2 Å². The zero-order valence-electron chi connectivity index (χ0n) is 22.8. The zero-order valence-corrected chi connectivity index (χ0v) is 22.8. The number of benzene rings is 1. The second-order valence-electron chi connectivity index (χ2n) is 10.4. The van der Waals surface area contributed by atoms with Crippen molar-refractivity contribution in [2.75, 3.05) is 38.2 Å². The van der Waals surface area contributed by atoms with Gasteiger partial charge in [0.15, 0.2) is 5.69 Å². The quantitative estimate of drug-likeness (QED) is 0.416. The van der Waals surface area contributed by atoms with Crippen LogP contribution >= 0.6 is 0 Å². The van der Waals surface area contributed by atoms with Crippen LogP contribution in [0, 0.1) is 11.3 Å². The Balaban J connectivity index is 1.53. The Labute approximate surface area is 227 Å². The second-order valence-corrected chi connectivity index (χ2v) is 10.4. The summed E-state index contributed by atoms with van der Waals surface area (Å²) in [5.41, 5.74) is 0.369. The van der Waals surface area contributed by atoms with E-state index >= 15 is 0 Å². The van der Waals surface area contributed by atoms with Gasteiger partial charge in [0.1, 0.15) is 23.9 Å². The van der Waals surface area contributed by atoms with Gasteiger partial charge in [-0.3, -0.25) is 4.90 Å². The number of methoxy groups -OCH3 is 1. The van der Waals surface area contributed by atoms with Crippen molar-refractivity contribution in [3.05, 3.63) is 47.4 Å². The zero-order chi connectivity index (χ0) is 28.2. The fourth-order valence-electron chi connectivity index (χ4n) is 4.72. The van der Waals surface area contributed by atoms with E-state index in [1.165, 1.54) is 7.11 Å². The van der Waals surface area contributed by atoms with Gasteiger partial charge in [0.05, 0.1) is 32.2 Å². The molecule has 1 aromatic heterocycles. The van der Waals surface area contributed by atoms with Gasteiger partial charge in [0.25, 0.3) is 0 Å². The number of nitrogens with zero attached hydrogens (tertiary/aromatic N) is 6. The molecule has 2 amide bonds. The van der Waals surface area contributed by atoms with Crippen molar-refractivity contribution in [3.63, 3.8) is 0 Å². The molecule has 0 N–H and O–H groups in total. The van der Waals surface area contributed by atoms with Crippen LogP contribution in [-0.4, -0.2) is 82.4 Å². The van der Waals surface area contributed by atoms with Crippen LogP contribution in [0.4, 0.5) is 15.4 Å². The van der Waals surface area contributed by atoms with E-state index in [-0.39, 0.29) is 25.3 Å². The first-order chi connectivity index (χ1) is 18.6. The van der Waals surface area contributed by atoms with Gasteiger partial charge in [0.2, 0.25) is 0 Å². The molecule has 1 fully saturated rings. The molecule has 0 saturated carbocycles. The van der Waals surface area contributed by atoms with Gasteiger partial charge in [-0.1, -0.05) is 30.3 Å². The highest BCUT2D eigenvalue weighted by atomic mass is 16.6. The molecule has 0 bridgehead atoms. The number of carbonyl (C=O) groups excluding carboxylic acids is 3. The summed E-state index contributed by atoms with van der Waals surface area (Å²) in [7, 11) is 1.29. The van der Waals surface area contributed by atoms with Crippen molar-refractivity contribution < 1.29 is 28.6 Å². The van der Waals surface area contributed by atoms with Crippen LogP contribution in [0.15, 0.2) is 30.3 Å². The van der Waals surface area contributed by atoms with Crippen LogP contribution in [0.3, 0.4) is 0 Å². The maximum absolute atomic E-state index is 12.9. The number of nitriles is 1. The highest BCUT2D eigenvalue weighted by Gasteiger charge is 2.37. The Bertz CT molecular complexity index is 1250. The number of fused-ring (bicyclic) bond motifs is 1. The number of ether oxygens (including phenoxy) is 3. The molecule has 12 nitrogen and oxygen atoms in total. The lowest BCUT2D eigenvalue weighted by Gasteiger charge is -2.41. The largest absolute Gasteiger partial charge is 0.464 e. The van der Waals surface area contributed by atoms with Crippen molar-refractivity contribution in [1.29, 1.82) is 5.26 Å². The molecule has 1 saturated heterocycles. The van der Waals surface area contributed by atoms with Crippen LogP contribution in [0.2, 0.25) is 0 Å². The maximum atomic E-state index is 12.9. The SMILES string of the molecule is COC(=O)c1nc2n(c1N1CCN(C(=O)OCc3ccccc3)[C@@H](CC#N)C1)CCN(C(=O)OC(C)(C)C)C2. The van der Waals surface area contributed by atoms with Gasteiger partial charge in [-0.05, 0) is 26.3 Å². The number of aromatic nitrogens is 2. The Morgan fingerprint density at radius 2 is 1.82 bits per heavy atom. The summed E-state index contributed by atoms with van der Waals surface area (Å²) < 4.78 is 17.9. The minimum atomic E-state index is -0.635. The van der Waals surface area contributed by atoms with Crippen LogP contribution in [-0.2, 0) is 33.9 Å². The third-order valence-corrected chi connectivity index (χ3v) is 6.52. The molecule has 2 aromatic rings. The van der Waals surface area contributed by atoms with E-state index in [0.717, 1.165) is 5.56 Å². The molecule has 0 spiro atoms. The highest BCUT2D eigenvalue weighted by Crippen LogP contribution is 2.30. The van der Waals surface area contributed by atoms with Crippen molar-refractivity contribution in [2.45, 2.75) is 58.5 Å². The molecule has 0 radical (unpaired) electrons. The number of hydrogen-bond donors (Lipinski definition) is 0. The number of hydrogen-bond acceptors (Lipinski definition) is 9. The van der Waals surface area contributed by atoms with Crippen LogP contribution in [0.25, 0.3) is 0 Å². The lowest BCUT2D eigenvalue weighted by molar-refractivity contribution is 0.0195. The fraction of sp³-hybridized carbons (Fsp3) is 0.519. The summed E-state index contributed by atoms with van der Waals surface area (Å²) in [6.07, 6.45) is -0.845. The molecule has 12 heteroatoms. The normalized spacial score (nSPS) is 17.2. The molecule has 1 atom stereocenters. The lowest BCUT2D eigenvalue weighted by atomic mass is 10.1. The van der Waals surface area contributed by atoms with Gasteiger partial charge in [0, 0.05) is 32.7 Å². The topological polar surface area (TPSA) is 130 Å². The monoisotopic (exact) mass is 538 g/mol. The molecule has 0 unspecified atom stereocenters.